The Labute approximate surface area is 227 Å². The number of phenolic OH excluding ortho intramolecular Hbond substituents is 1. The number of amides is 1. The highest BCUT2D eigenvalue weighted by Gasteiger charge is 2.43. The molecule has 39 heavy (non-hydrogen) atoms. The van der Waals surface area contributed by atoms with Crippen molar-refractivity contribution in [1.82, 2.24) is 15.1 Å². The molecule has 202 valence electrons. The number of nitrogens with zero attached hydrogens (tertiary/aromatic N) is 2. The number of benzene rings is 3. The molecule has 2 heterocycles. The smallest absolute Gasteiger partial charge is 0.273 e. The third-order valence-electron chi connectivity index (χ3n) is 7.08. The summed E-state index contributed by atoms with van der Waals surface area (Å²) in [5, 5.41) is 18.4. The van der Waals surface area contributed by atoms with Crippen LogP contribution in [0.25, 0.3) is 11.3 Å². The van der Waals surface area contributed by atoms with E-state index in [2.05, 4.69) is 17.1 Å². The summed E-state index contributed by atoms with van der Waals surface area (Å²) in [5.74, 6) is 0.717. The van der Waals surface area contributed by atoms with E-state index >= 15 is 0 Å². The van der Waals surface area contributed by atoms with Gasteiger partial charge < -0.3 is 19.5 Å². The Morgan fingerprint density at radius 2 is 1.85 bits per heavy atom. The summed E-state index contributed by atoms with van der Waals surface area (Å²) in [5.41, 5.74) is 5.49. The molecule has 3 aromatic carbocycles. The first-order valence-corrected chi connectivity index (χ1v) is 13.1. The molecule has 0 bridgehead atoms. The molecule has 1 aromatic heterocycles. The lowest BCUT2D eigenvalue weighted by Crippen LogP contribution is -2.29. The molecular weight excluding hydrogens is 497 g/mol. The number of nitrogens with one attached hydrogen (secondary N) is 1. The minimum Gasteiger partial charge on any atom is -0.507 e. The van der Waals surface area contributed by atoms with Gasteiger partial charge in [0.05, 0.1) is 19.8 Å². The van der Waals surface area contributed by atoms with E-state index in [0.717, 1.165) is 35.1 Å². The summed E-state index contributed by atoms with van der Waals surface area (Å²) in [4.78, 5) is 15.5. The number of aromatic hydroxyl groups is 1. The summed E-state index contributed by atoms with van der Waals surface area (Å²) in [7, 11) is 1.59. The average Bonchev–Trinajstić information content (AvgIpc) is 3.44. The van der Waals surface area contributed by atoms with E-state index in [1.54, 1.807) is 30.2 Å². The van der Waals surface area contributed by atoms with Crippen LogP contribution in [-0.2, 0) is 6.54 Å². The quantitative estimate of drug-likeness (QED) is 0.243. The van der Waals surface area contributed by atoms with Crippen molar-refractivity contribution in [2.45, 2.75) is 46.2 Å². The number of fused-ring (bicyclic) bond motifs is 1. The minimum absolute atomic E-state index is 0.0993. The summed E-state index contributed by atoms with van der Waals surface area (Å²) in [6.07, 6.45) is 1.94. The number of methoxy groups -OCH3 is 1. The van der Waals surface area contributed by atoms with Crippen molar-refractivity contribution in [3.05, 3.63) is 93.9 Å². The van der Waals surface area contributed by atoms with Crippen LogP contribution in [0.15, 0.2) is 54.6 Å². The maximum atomic E-state index is 13.8. The highest BCUT2D eigenvalue weighted by molar-refractivity contribution is 6.00. The molecule has 0 fully saturated rings. The molecule has 1 amide bonds. The molecule has 2 N–H and O–H groups in total. The molecule has 5 rings (SSSR count). The molecule has 0 aliphatic carbocycles. The molecule has 1 atom stereocenters. The first-order chi connectivity index (χ1) is 18.8. The number of ether oxygens (including phenoxy) is 2. The van der Waals surface area contributed by atoms with E-state index in [0.29, 0.717) is 40.6 Å². The van der Waals surface area contributed by atoms with Crippen LogP contribution < -0.4 is 9.47 Å². The van der Waals surface area contributed by atoms with Crippen LogP contribution in [0.4, 0.5) is 4.39 Å². The molecule has 0 radical (unpaired) electrons. The lowest BCUT2D eigenvalue weighted by atomic mass is 9.93. The van der Waals surface area contributed by atoms with Crippen LogP contribution in [0.2, 0.25) is 0 Å². The third-order valence-corrected chi connectivity index (χ3v) is 7.08. The topological polar surface area (TPSA) is 87.7 Å². The Morgan fingerprint density at radius 3 is 2.54 bits per heavy atom. The van der Waals surface area contributed by atoms with Gasteiger partial charge in [0.1, 0.15) is 23.0 Å². The molecule has 1 aliphatic heterocycles. The van der Waals surface area contributed by atoms with Crippen molar-refractivity contribution in [3.63, 3.8) is 0 Å². The maximum absolute atomic E-state index is 13.8. The van der Waals surface area contributed by atoms with Crippen molar-refractivity contribution < 1.29 is 23.8 Å². The average molecular weight is 530 g/mol. The summed E-state index contributed by atoms with van der Waals surface area (Å²) in [6.45, 7) is 6.76. The predicted molar refractivity (Wildman–Crippen MR) is 147 cm³/mol. The van der Waals surface area contributed by atoms with Gasteiger partial charge in [-0.1, -0.05) is 37.6 Å². The second-order valence-corrected chi connectivity index (χ2v) is 9.91. The standard InChI is InChI=1S/C31H32FN3O4/c1-5-6-13-39-24-12-9-21(16-25(24)38-4)30-27-28(26-19(3)14-18(2)15-23(26)36)33-34-29(27)31(37)35(30)17-20-7-10-22(32)11-8-20/h7-12,14-16,30,36H,5-6,13,17H2,1-4H3,(H,33,34). The Morgan fingerprint density at radius 1 is 1.08 bits per heavy atom. The Bertz CT molecular complexity index is 1490. The fraction of sp³-hybridized carbons (Fsp3) is 0.290. The number of hydrogen-bond acceptors (Lipinski definition) is 5. The number of hydrogen-bond donors (Lipinski definition) is 2. The number of carbonyl (C=O) groups excluding carboxylic acids is 1. The first-order valence-electron chi connectivity index (χ1n) is 13.1. The van der Waals surface area contributed by atoms with E-state index in [4.69, 9.17) is 9.47 Å². The van der Waals surface area contributed by atoms with Gasteiger partial charge in [-0.05, 0) is 72.9 Å². The number of halogens is 1. The SMILES string of the molecule is CCCCOc1ccc(C2c3c(-c4c(C)cc(C)cc4O)n[nH]c3C(=O)N2Cc2ccc(F)cc2)cc1OC. The van der Waals surface area contributed by atoms with Crippen LogP contribution in [0.5, 0.6) is 17.2 Å². The number of unbranched alkanes of at least 4 members (excludes halogenated alkanes) is 1. The van der Waals surface area contributed by atoms with Gasteiger partial charge in [-0.25, -0.2) is 4.39 Å². The molecule has 0 saturated carbocycles. The zero-order valence-corrected chi connectivity index (χ0v) is 22.5. The molecule has 1 aliphatic rings. The molecule has 1 unspecified atom stereocenters. The molecule has 4 aromatic rings. The van der Waals surface area contributed by atoms with Gasteiger partial charge in [0.25, 0.3) is 5.91 Å². The molecular formula is C31H32FN3O4. The van der Waals surface area contributed by atoms with E-state index in [1.807, 2.05) is 38.1 Å². The van der Waals surface area contributed by atoms with Gasteiger partial charge in [0.2, 0.25) is 0 Å². The van der Waals surface area contributed by atoms with E-state index in [1.165, 1.54) is 12.1 Å². The second-order valence-electron chi connectivity index (χ2n) is 9.91. The molecule has 0 saturated heterocycles. The highest BCUT2D eigenvalue weighted by Crippen LogP contribution is 2.47. The summed E-state index contributed by atoms with van der Waals surface area (Å²) in [6, 6.07) is 14.9. The number of H-pyrrole nitrogens is 1. The van der Waals surface area contributed by atoms with Crippen LogP contribution in [0.3, 0.4) is 0 Å². The van der Waals surface area contributed by atoms with Crippen molar-refractivity contribution in [3.8, 4) is 28.5 Å². The van der Waals surface area contributed by atoms with Gasteiger partial charge in [-0.15, -0.1) is 0 Å². The normalized spacial score (nSPS) is 14.5. The lowest BCUT2D eigenvalue weighted by Gasteiger charge is -2.27. The van der Waals surface area contributed by atoms with Gasteiger partial charge >= 0.3 is 0 Å². The van der Waals surface area contributed by atoms with Crippen LogP contribution in [-0.4, -0.2) is 39.8 Å². The van der Waals surface area contributed by atoms with E-state index in [9.17, 15) is 14.3 Å². The summed E-state index contributed by atoms with van der Waals surface area (Å²) >= 11 is 0. The number of rotatable bonds is 9. The van der Waals surface area contributed by atoms with Crippen molar-refractivity contribution in [2.24, 2.45) is 0 Å². The van der Waals surface area contributed by atoms with E-state index in [-0.39, 0.29) is 24.0 Å². The molecule has 8 heteroatoms. The Balaban J connectivity index is 1.64. The Hall–Kier alpha value is -4.33. The van der Waals surface area contributed by atoms with Crippen LogP contribution >= 0.6 is 0 Å². The highest BCUT2D eigenvalue weighted by atomic mass is 19.1. The largest absolute Gasteiger partial charge is 0.507 e. The van der Waals surface area contributed by atoms with E-state index < -0.39 is 6.04 Å². The Kier molecular flexibility index (Phi) is 7.28. The van der Waals surface area contributed by atoms with Crippen molar-refractivity contribution in [2.75, 3.05) is 13.7 Å². The summed E-state index contributed by atoms with van der Waals surface area (Å²) < 4.78 is 25.2. The minimum atomic E-state index is -0.537. The van der Waals surface area contributed by atoms with Gasteiger partial charge in [-0.2, -0.15) is 5.10 Å². The van der Waals surface area contributed by atoms with Gasteiger partial charge in [-0.3, -0.25) is 9.89 Å². The third kappa shape index (κ3) is 4.94. The number of carbonyl (C=O) groups is 1. The second kappa shape index (κ2) is 10.8. The van der Waals surface area contributed by atoms with Crippen LogP contribution in [0.1, 0.15) is 64.1 Å². The van der Waals surface area contributed by atoms with Gasteiger partial charge in [0, 0.05) is 17.7 Å². The van der Waals surface area contributed by atoms with Crippen molar-refractivity contribution >= 4 is 5.91 Å². The first kappa shape index (κ1) is 26.3. The predicted octanol–water partition coefficient (Wildman–Crippen LogP) is 6.47. The maximum Gasteiger partial charge on any atom is 0.273 e. The zero-order valence-electron chi connectivity index (χ0n) is 22.5. The fourth-order valence-corrected chi connectivity index (χ4v) is 5.24. The number of aromatic nitrogens is 2. The van der Waals surface area contributed by atoms with Gasteiger partial charge in [0.15, 0.2) is 11.5 Å². The number of aryl methyl sites for hydroxylation is 2. The van der Waals surface area contributed by atoms with Crippen LogP contribution in [0, 0.1) is 19.7 Å². The number of aromatic amines is 1. The fourth-order valence-electron chi connectivity index (χ4n) is 5.24. The number of phenols is 1. The molecule has 0 spiro atoms. The zero-order chi connectivity index (χ0) is 27.7. The molecule has 7 nitrogen and oxygen atoms in total. The lowest BCUT2D eigenvalue weighted by molar-refractivity contribution is 0.0730. The monoisotopic (exact) mass is 529 g/mol. The van der Waals surface area contributed by atoms with Crippen molar-refractivity contribution in [1.29, 1.82) is 0 Å².